The van der Waals surface area contributed by atoms with Gasteiger partial charge in [0.2, 0.25) is 0 Å². The number of nitrogens with zero attached hydrogens (tertiary/aromatic N) is 3. The third-order valence-corrected chi connectivity index (χ3v) is 3.71. The molecular weight excluding hydrogens is 240 g/mol. The van der Waals surface area contributed by atoms with Crippen molar-refractivity contribution in [2.24, 2.45) is 5.73 Å². The van der Waals surface area contributed by atoms with Crippen molar-refractivity contribution in [2.75, 3.05) is 13.1 Å². The van der Waals surface area contributed by atoms with E-state index in [1.807, 2.05) is 4.90 Å². The van der Waals surface area contributed by atoms with Crippen molar-refractivity contribution in [1.82, 2.24) is 15.1 Å². The molecule has 1 amide bonds. The highest BCUT2D eigenvalue weighted by molar-refractivity contribution is 5.94. The van der Waals surface area contributed by atoms with E-state index in [2.05, 4.69) is 10.2 Å². The molecule has 1 heterocycles. The normalized spacial score (nSPS) is 16.3. The Morgan fingerprint density at radius 2 is 2.11 bits per heavy atom. The van der Waals surface area contributed by atoms with Crippen LogP contribution in [0.25, 0.3) is 0 Å². The van der Waals surface area contributed by atoms with E-state index in [4.69, 9.17) is 5.73 Å². The molecule has 5 nitrogen and oxygen atoms in total. The smallest absolute Gasteiger partial charge is 0.255 e. The van der Waals surface area contributed by atoms with E-state index in [1.54, 1.807) is 18.5 Å². The molecule has 1 fully saturated rings. The molecule has 0 bridgehead atoms. The second-order valence-corrected chi connectivity index (χ2v) is 5.06. The van der Waals surface area contributed by atoms with Crippen LogP contribution in [0.1, 0.15) is 48.9 Å². The molecule has 19 heavy (non-hydrogen) atoms. The van der Waals surface area contributed by atoms with Gasteiger partial charge in [-0.15, -0.1) is 0 Å². The van der Waals surface area contributed by atoms with Crippen LogP contribution in [-0.4, -0.2) is 40.1 Å². The average molecular weight is 262 g/mol. The summed E-state index contributed by atoms with van der Waals surface area (Å²) in [5, 5.41) is 7.51. The van der Waals surface area contributed by atoms with Gasteiger partial charge < -0.3 is 10.6 Å². The second-order valence-electron chi connectivity index (χ2n) is 5.06. The highest BCUT2D eigenvalue weighted by Crippen LogP contribution is 2.24. The summed E-state index contributed by atoms with van der Waals surface area (Å²) >= 11 is 0. The van der Waals surface area contributed by atoms with E-state index in [0.717, 1.165) is 25.8 Å². The lowest BCUT2D eigenvalue weighted by Crippen LogP contribution is -2.42. The van der Waals surface area contributed by atoms with Crippen LogP contribution in [0.3, 0.4) is 0 Å². The van der Waals surface area contributed by atoms with Crippen LogP contribution in [0.2, 0.25) is 0 Å². The molecule has 0 radical (unpaired) electrons. The van der Waals surface area contributed by atoms with Gasteiger partial charge in [-0.25, -0.2) is 0 Å². The molecule has 0 atom stereocenters. The summed E-state index contributed by atoms with van der Waals surface area (Å²) < 4.78 is 0. The van der Waals surface area contributed by atoms with Gasteiger partial charge in [0.15, 0.2) is 0 Å². The first kappa shape index (κ1) is 13.9. The molecule has 5 heteroatoms. The van der Waals surface area contributed by atoms with Gasteiger partial charge in [0.05, 0.1) is 18.0 Å². The van der Waals surface area contributed by atoms with Crippen molar-refractivity contribution < 1.29 is 4.79 Å². The number of nitrogens with two attached hydrogens (primary N) is 1. The Hall–Kier alpha value is -1.49. The predicted molar refractivity (Wildman–Crippen MR) is 73.6 cm³/mol. The maximum absolute atomic E-state index is 12.6. The molecule has 1 aromatic heterocycles. The van der Waals surface area contributed by atoms with Gasteiger partial charge in [0, 0.05) is 12.6 Å². The van der Waals surface area contributed by atoms with Gasteiger partial charge in [-0.2, -0.15) is 10.2 Å². The van der Waals surface area contributed by atoms with E-state index in [-0.39, 0.29) is 5.91 Å². The fraction of sp³-hybridized carbons (Fsp3) is 0.643. The van der Waals surface area contributed by atoms with Crippen LogP contribution in [0, 0.1) is 0 Å². The largest absolute Gasteiger partial charge is 0.336 e. The Bertz CT molecular complexity index is 390. The van der Waals surface area contributed by atoms with E-state index < -0.39 is 0 Å². The van der Waals surface area contributed by atoms with Gasteiger partial charge in [-0.05, 0) is 31.9 Å². The quantitative estimate of drug-likeness (QED) is 0.875. The van der Waals surface area contributed by atoms with Crippen LogP contribution in [0.5, 0.6) is 0 Å². The van der Waals surface area contributed by atoms with Crippen molar-refractivity contribution in [3.05, 3.63) is 24.0 Å². The molecule has 0 spiro atoms. The summed E-state index contributed by atoms with van der Waals surface area (Å²) in [6.07, 6.45) is 9.88. The Morgan fingerprint density at radius 3 is 2.74 bits per heavy atom. The zero-order valence-corrected chi connectivity index (χ0v) is 11.3. The molecule has 2 rings (SSSR count). The van der Waals surface area contributed by atoms with E-state index >= 15 is 0 Å². The molecule has 104 valence electrons. The Morgan fingerprint density at radius 1 is 1.32 bits per heavy atom. The molecule has 0 aliphatic heterocycles. The molecule has 1 aromatic rings. The van der Waals surface area contributed by atoms with Gasteiger partial charge in [-0.1, -0.05) is 19.3 Å². The molecule has 0 unspecified atom stereocenters. The van der Waals surface area contributed by atoms with Crippen LogP contribution >= 0.6 is 0 Å². The summed E-state index contributed by atoms with van der Waals surface area (Å²) in [7, 11) is 0. The minimum atomic E-state index is 0.0650. The van der Waals surface area contributed by atoms with E-state index in [9.17, 15) is 4.79 Å². The van der Waals surface area contributed by atoms with Crippen LogP contribution in [0.15, 0.2) is 18.5 Å². The monoisotopic (exact) mass is 262 g/mol. The third-order valence-electron chi connectivity index (χ3n) is 3.71. The van der Waals surface area contributed by atoms with E-state index in [0.29, 0.717) is 18.2 Å². The third kappa shape index (κ3) is 3.73. The standard InChI is InChI=1S/C14H22N4O/c15-8-4-10-18(13-5-2-1-3-6-13)14(19)12-7-9-16-17-11-12/h7,9,11,13H,1-6,8,10,15H2. The van der Waals surface area contributed by atoms with Crippen molar-refractivity contribution in [1.29, 1.82) is 0 Å². The number of rotatable bonds is 5. The summed E-state index contributed by atoms with van der Waals surface area (Å²) in [6.45, 7) is 1.35. The molecule has 0 saturated heterocycles. The summed E-state index contributed by atoms with van der Waals surface area (Å²) in [5.74, 6) is 0.0650. The average Bonchev–Trinajstić information content (AvgIpc) is 2.49. The SMILES string of the molecule is NCCCN(C(=O)c1ccnnc1)C1CCCCC1. The van der Waals surface area contributed by atoms with Gasteiger partial charge in [0.1, 0.15) is 0 Å². The maximum Gasteiger partial charge on any atom is 0.255 e. The number of hydrogen-bond acceptors (Lipinski definition) is 4. The lowest BCUT2D eigenvalue weighted by molar-refractivity contribution is 0.0632. The van der Waals surface area contributed by atoms with Crippen LogP contribution in [-0.2, 0) is 0 Å². The lowest BCUT2D eigenvalue weighted by atomic mass is 9.93. The number of aromatic nitrogens is 2. The number of amides is 1. The summed E-state index contributed by atoms with van der Waals surface area (Å²) in [5.41, 5.74) is 6.21. The Balaban J connectivity index is 2.09. The molecule has 0 aromatic carbocycles. The number of hydrogen-bond donors (Lipinski definition) is 1. The van der Waals surface area contributed by atoms with Crippen molar-refractivity contribution in [3.8, 4) is 0 Å². The molecule has 1 aliphatic carbocycles. The number of carbonyl (C=O) groups excluding carboxylic acids is 1. The summed E-state index contributed by atoms with van der Waals surface area (Å²) in [4.78, 5) is 14.6. The van der Waals surface area contributed by atoms with Gasteiger partial charge in [0.25, 0.3) is 5.91 Å². The van der Waals surface area contributed by atoms with Crippen molar-refractivity contribution >= 4 is 5.91 Å². The van der Waals surface area contributed by atoms with Gasteiger partial charge >= 0.3 is 0 Å². The fourth-order valence-electron chi connectivity index (χ4n) is 2.69. The number of carbonyl (C=O) groups is 1. The minimum Gasteiger partial charge on any atom is -0.336 e. The minimum absolute atomic E-state index is 0.0650. The fourth-order valence-corrected chi connectivity index (χ4v) is 2.69. The highest BCUT2D eigenvalue weighted by Gasteiger charge is 2.25. The molecule has 1 saturated carbocycles. The first-order valence-electron chi connectivity index (χ1n) is 7.10. The predicted octanol–water partition coefficient (Wildman–Crippen LogP) is 1.60. The maximum atomic E-state index is 12.6. The van der Waals surface area contributed by atoms with E-state index in [1.165, 1.54) is 19.3 Å². The zero-order chi connectivity index (χ0) is 13.5. The highest BCUT2D eigenvalue weighted by atomic mass is 16.2. The topological polar surface area (TPSA) is 72.1 Å². The second kappa shape index (κ2) is 7.19. The van der Waals surface area contributed by atoms with Crippen molar-refractivity contribution in [3.63, 3.8) is 0 Å². The van der Waals surface area contributed by atoms with Gasteiger partial charge in [-0.3, -0.25) is 4.79 Å². The Labute approximate surface area is 114 Å². The lowest BCUT2D eigenvalue weighted by Gasteiger charge is -2.34. The Kier molecular flexibility index (Phi) is 5.27. The van der Waals surface area contributed by atoms with Crippen LogP contribution < -0.4 is 5.73 Å². The molecular formula is C14H22N4O. The zero-order valence-electron chi connectivity index (χ0n) is 11.3. The molecule has 2 N–H and O–H groups in total. The summed E-state index contributed by atoms with van der Waals surface area (Å²) in [6, 6.07) is 2.09. The first-order valence-corrected chi connectivity index (χ1v) is 7.10. The first-order chi connectivity index (χ1) is 9.33. The molecule has 1 aliphatic rings. The van der Waals surface area contributed by atoms with Crippen LogP contribution in [0.4, 0.5) is 0 Å². The van der Waals surface area contributed by atoms with Crippen molar-refractivity contribution in [2.45, 2.75) is 44.6 Å².